The Morgan fingerprint density at radius 3 is 2.64 bits per heavy atom. The van der Waals surface area contributed by atoms with Crippen molar-refractivity contribution in [2.24, 2.45) is 0 Å². The Morgan fingerprint density at radius 1 is 1.27 bits per heavy atom. The molecule has 1 radical (unpaired) electrons. The van der Waals surface area contributed by atoms with Crippen molar-refractivity contribution in [2.45, 2.75) is 37.4 Å². The van der Waals surface area contributed by atoms with Crippen LogP contribution in [0.25, 0.3) is 0 Å². The van der Waals surface area contributed by atoms with E-state index in [-0.39, 0.29) is 5.25 Å². The molecule has 11 heavy (non-hydrogen) atoms. The molecule has 0 aromatic rings. The molecule has 0 heterocycles. The van der Waals surface area contributed by atoms with Crippen LogP contribution in [0.1, 0.15) is 32.1 Å². The Morgan fingerprint density at radius 2 is 2.00 bits per heavy atom. The molecule has 1 unspecified atom stereocenters. The predicted octanol–water partition coefficient (Wildman–Crippen LogP) is 1.57. The van der Waals surface area contributed by atoms with Crippen molar-refractivity contribution in [1.29, 1.82) is 0 Å². The summed E-state index contributed by atoms with van der Waals surface area (Å²) in [5.41, 5.74) is 0. The highest BCUT2D eigenvalue weighted by atomic mass is 32.2. The fraction of sp³-hybridized carbons (Fsp3) is 0.875. The van der Waals surface area contributed by atoms with Gasteiger partial charge in [0.1, 0.15) is 9.84 Å². The molecule has 0 aromatic heterocycles. The van der Waals surface area contributed by atoms with Gasteiger partial charge in [-0.2, -0.15) is 0 Å². The zero-order valence-corrected chi connectivity index (χ0v) is 7.73. The Labute approximate surface area is 68.9 Å². The number of rotatable bonds is 1. The van der Waals surface area contributed by atoms with Crippen molar-refractivity contribution in [2.75, 3.05) is 6.26 Å². The lowest BCUT2D eigenvalue weighted by molar-refractivity contribution is 0.569. The normalized spacial score (nSPS) is 23.0. The maximum Gasteiger partial charge on any atom is 0.150 e. The zero-order chi connectivity index (χ0) is 8.32. The number of hydrogen-bond acceptors (Lipinski definition) is 2. The standard InChI is InChI=1S/C8H15O2S/c1-11(9,10)8-6-4-2-3-5-7-8/h2,8H,3-7H2,1H3. The van der Waals surface area contributed by atoms with E-state index in [1.54, 1.807) is 0 Å². The van der Waals surface area contributed by atoms with E-state index in [1.165, 1.54) is 6.26 Å². The average molecular weight is 175 g/mol. The third-order valence-electron chi connectivity index (χ3n) is 2.23. The smallest absolute Gasteiger partial charge is 0.150 e. The third-order valence-corrected chi connectivity index (χ3v) is 3.92. The van der Waals surface area contributed by atoms with E-state index in [9.17, 15) is 8.42 Å². The molecule has 0 aliphatic heterocycles. The highest BCUT2D eigenvalue weighted by molar-refractivity contribution is 7.91. The van der Waals surface area contributed by atoms with Gasteiger partial charge in [-0.05, 0) is 25.7 Å². The highest BCUT2D eigenvalue weighted by Crippen LogP contribution is 2.21. The van der Waals surface area contributed by atoms with Gasteiger partial charge in [0.05, 0.1) is 5.25 Å². The molecular weight excluding hydrogens is 160 g/mol. The molecule has 0 amide bonds. The SMILES string of the molecule is CS(=O)(=O)C1CC[CH]CCC1. The molecule has 1 aliphatic carbocycles. The molecule has 65 valence electrons. The molecule has 1 saturated carbocycles. The highest BCUT2D eigenvalue weighted by Gasteiger charge is 2.21. The van der Waals surface area contributed by atoms with Gasteiger partial charge in [-0.25, -0.2) is 8.42 Å². The molecule has 1 fully saturated rings. The monoisotopic (exact) mass is 175 g/mol. The average Bonchev–Trinajstić information content (AvgIpc) is 2.10. The van der Waals surface area contributed by atoms with Crippen LogP contribution in [0.2, 0.25) is 0 Å². The van der Waals surface area contributed by atoms with Crippen LogP contribution in [0.3, 0.4) is 0 Å². The second-order valence-electron chi connectivity index (χ2n) is 3.25. The van der Waals surface area contributed by atoms with Crippen LogP contribution in [-0.4, -0.2) is 19.9 Å². The maximum absolute atomic E-state index is 11.1. The van der Waals surface area contributed by atoms with Gasteiger partial charge in [-0.1, -0.05) is 12.8 Å². The van der Waals surface area contributed by atoms with Gasteiger partial charge in [0.25, 0.3) is 0 Å². The summed E-state index contributed by atoms with van der Waals surface area (Å²) in [6, 6.07) is 0. The van der Waals surface area contributed by atoms with Crippen LogP contribution >= 0.6 is 0 Å². The van der Waals surface area contributed by atoms with Crippen molar-refractivity contribution in [3.05, 3.63) is 6.42 Å². The van der Waals surface area contributed by atoms with Gasteiger partial charge in [0.15, 0.2) is 0 Å². The van der Waals surface area contributed by atoms with Crippen molar-refractivity contribution in [3.8, 4) is 0 Å². The van der Waals surface area contributed by atoms with Crippen LogP contribution in [0.5, 0.6) is 0 Å². The van der Waals surface area contributed by atoms with Crippen LogP contribution in [-0.2, 0) is 9.84 Å². The summed E-state index contributed by atoms with van der Waals surface area (Å²) in [6.45, 7) is 0. The summed E-state index contributed by atoms with van der Waals surface area (Å²) in [5, 5.41) is -0.0683. The van der Waals surface area contributed by atoms with E-state index < -0.39 is 9.84 Å². The molecule has 1 aliphatic rings. The van der Waals surface area contributed by atoms with Crippen molar-refractivity contribution < 1.29 is 8.42 Å². The number of sulfone groups is 1. The quantitative estimate of drug-likeness (QED) is 0.567. The first-order valence-electron chi connectivity index (χ1n) is 4.11. The van der Waals surface area contributed by atoms with Gasteiger partial charge in [-0.15, -0.1) is 0 Å². The minimum Gasteiger partial charge on any atom is -0.229 e. The van der Waals surface area contributed by atoms with Gasteiger partial charge in [0.2, 0.25) is 0 Å². The lowest BCUT2D eigenvalue weighted by atomic mass is 10.2. The van der Waals surface area contributed by atoms with E-state index in [1.807, 2.05) is 0 Å². The van der Waals surface area contributed by atoms with E-state index >= 15 is 0 Å². The van der Waals surface area contributed by atoms with Crippen LogP contribution < -0.4 is 0 Å². The summed E-state index contributed by atoms with van der Waals surface area (Å²) in [5.74, 6) is 0. The number of hydrogen-bond donors (Lipinski definition) is 0. The van der Waals surface area contributed by atoms with Gasteiger partial charge < -0.3 is 0 Å². The largest absolute Gasteiger partial charge is 0.229 e. The lowest BCUT2D eigenvalue weighted by Gasteiger charge is -2.10. The van der Waals surface area contributed by atoms with Gasteiger partial charge >= 0.3 is 0 Å². The Balaban J connectivity index is 2.57. The summed E-state index contributed by atoms with van der Waals surface area (Å²) in [4.78, 5) is 0. The molecule has 3 heteroatoms. The summed E-state index contributed by atoms with van der Waals surface area (Å²) < 4.78 is 22.3. The van der Waals surface area contributed by atoms with Crippen LogP contribution in [0.4, 0.5) is 0 Å². The molecule has 0 spiro atoms. The Bertz CT molecular complexity index is 198. The topological polar surface area (TPSA) is 34.1 Å². The lowest BCUT2D eigenvalue weighted by Crippen LogP contribution is -2.18. The molecule has 0 aromatic carbocycles. The van der Waals surface area contributed by atoms with Crippen molar-refractivity contribution in [3.63, 3.8) is 0 Å². The fourth-order valence-corrected chi connectivity index (χ4v) is 2.67. The van der Waals surface area contributed by atoms with E-state index in [0.717, 1.165) is 32.1 Å². The second kappa shape index (κ2) is 3.57. The first-order valence-corrected chi connectivity index (χ1v) is 6.06. The van der Waals surface area contributed by atoms with Crippen molar-refractivity contribution in [1.82, 2.24) is 0 Å². The molecule has 0 bridgehead atoms. The van der Waals surface area contributed by atoms with Gasteiger partial charge in [0, 0.05) is 6.26 Å². The van der Waals surface area contributed by atoms with Crippen LogP contribution in [0.15, 0.2) is 0 Å². The van der Waals surface area contributed by atoms with E-state index in [2.05, 4.69) is 6.42 Å². The summed E-state index contributed by atoms with van der Waals surface area (Å²) in [7, 11) is -2.77. The third kappa shape index (κ3) is 2.81. The minimum absolute atomic E-state index is 0.0683. The van der Waals surface area contributed by atoms with Gasteiger partial charge in [-0.3, -0.25) is 0 Å². The Hall–Kier alpha value is -0.0500. The maximum atomic E-state index is 11.1. The minimum atomic E-state index is -2.77. The van der Waals surface area contributed by atoms with Crippen LogP contribution in [0, 0.1) is 6.42 Å². The summed E-state index contributed by atoms with van der Waals surface area (Å²) >= 11 is 0. The summed E-state index contributed by atoms with van der Waals surface area (Å²) in [6.07, 6.45) is 8.34. The second-order valence-corrected chi connectivity index (χ2v) is 5.57. The van der Waals surface area contributed by atoms with E-state index in [4.69, 9.17) is 0 Å². The molecule has 2 nitrogen and oxygen atoms in total. The fourth-order valence-electron chi connectivity index (χ4n) is 1.51. The van der Waals surface area contributed by atoms with Crippen molar-refractivity contribution >= 4 is 9.84 Å². The van der Waals surface area contributed by atoms with E-state index in [0.29, 0.717) is 0 Å². The predicted molar refractivity (Wildman–Crippen MR) is 46.0 cm³/mol. The zero-order valence-electron chi connectivity index (χ0n) is 6.91. The molecule has 0 N–H and O–H groups in total. The molecular formula is C8H15O2S. The Kier molecular flexibility index (Phi) is 2.93. The first kappa shape index (κ1) is 9.04. The molecule has 1 rings (SSSR count). The molecule has 1 atom stereocenters. The first-order chi connectivity index (χ1) is 5.11. The molecule has 0 saturated heterocycles.